The molecule has 0 aliphatic carbocycles. The lowest BCUT2D eigenvalue weighted by Crippen LogP contribution is -2.17. The van der Waals surface area contributed by atoms with E-state index in [4.69, 9.17) is 0 Å². The summed E-state index contributed by atoms with van der Waals surface area (Å²) in [7, 11) is 2.76. The second kappa shape index (κ2) is 10.2. The van der Waals surface area contributed by atoms with Gasteiger partial charge >= 0.3 is 6.18 Å². The van der Waals surface area contributed by atoms with E-state index in [1.807, 2.05) is 0 Å². The normalized spacial score (nSPS) is 11.3. The maximum absolute atomic E-state index is 14.8. The van der Waals surface area contributed by atoms with Gasteiger partial charge in [0.2, 0.25) is 17.7 Å². The fraction of sp³-hybridized carbons (Fsp3) is 0.174. The number of methoxy groups -OCH3 is 1. The summed E-state index contributed by atoms with van der Waals surface area (Å²) >= 11 is 0. The summed E-state index contributed by atoms with van der Waals surface area (Å²) in [5.74, 6) is -3.06. The van der Waals surface area contributed by atoms with E-state index in [2.05, 4.69) is 35.4 Å². The SMILES string of the molecule is COc1ncc(NC(=O)Cc2cc(F)c(-c3cnc(Nc4cnn(C)c4)nc3)cc2F)cc1C(F)(F)F. The van der Waals surface area contributed by atoms with E-state index in [1.54, 1.807) is 24.1 Å². The lowest BCUT2D eigenvalue weighted by molar-refractivity contribution is -0.139. The first-order chi connectivity index (χ1) is 17.5. The highest BCUT2D eigenvalue weighted by Gasteiger charge is 2.35. The van der Waals surface area contributed by atoms with Gasteiger partial charge in [-0.05, 0) is 18.2 Å². The van der Waals surface area contributed by atoms with Crippen molar-refractivity contribution in [2.24, 2.45) is 7.05 Å². The van der Waals surface area contributed by atoms with E-state index in [0.29, 0.717) is 11.8 Å². The summed E-state index contributed by atoms with van der Waals surface area (Å²) in [5.41, 5.74) is -1.09. The number of carbonyl (C=O) groups is 1. The monoisotopic (exact) mass is 519 g/mol. The van der Waals surface area contributed by atoms with E-state index in [0.717, 1.165) is 25.4 Å². The highest BCUT2D eigenvalue weighted by atomic mass is 19.4. The average Bonchev–Trinajstić information content (AvgIpc) is 3.25. The molecule has 37 heavy (non-hydrogen) atoms. The van der Waals surface area contributed by atoms with Crippen molar-refractivity contribution in [2.75, 3.05) is 17.7 Å². The molecule has 14 heteroatoms. The van der Waals surface area contributed by atoms with Gasteiger partial charge in [-0.25, -0.2) is 23.7 Å². The molecule has 0 saturated carbocycles. The largest absolute Gasteiger partial charge is 0.481 e. The zero-order valence-electron chi connectivity index (χ0n) is 19.3. The van der Waals surface area contributed by atoms with E-state index in [-0.39, 0.29) is 28.3 Å². The molecule has 4 rings (SSSR count). The first-order valence-electron chi connectivity index (χ1n) is 10.5. The molecule has 9 nitrogen and oxygen atoms in total. The van der Waals surface area contributed by atoms with Gasteiger partial charge < -0.3 is 15.4 Å². The summed E-state index contributed by atoms with van der Waals surface area (Å²) < 4.78 is 75.1. The van der Waals surface area contributed by atoms with Crippen LogP contribution in [0.4, 0.5) is 39.3 Å². The van der Waals surface area contributed by atoms with Crippen LogP contribution in [-0.2, 0) is 24.4 Å². The second-order valence-corrected chi connectivity index (χ2v) is 7.75. The number of nitrogens with zero attached hydrogens (tertiary/aromatic N) is 5. The number of pyridine rings is 1. The standard InChI is InChI=1S/C23H18F5N7O2/c1-35-11-15(10-32-35)34-22-30-7-13(8-31-22)16-6-18(24)12(3-19(16)25)4-20(36)33-14-5-17(23(26,27)28)21(37-2)29-9-14/h3,5-11H,4H2,1-2H3,(H,33,36)(H,30,31,34). The first kappa shape index (κ1) is 25.5. The van der Waals surface area contributed by atoms with Crippen molar-refractivity contribution in [1.82, 2.24) is 24.7 Å². The number of aromatic nitrogens is 5. The topological polar surface area (TPSA) is 107 Å². The number of hydrogen-bond donors (Lipinski definition) is 2. The lowest BCUT2D eigenvalue weighted by atomic mass is 10.0. The Balaban J connectivity index is 1.47. The summed E-state index contributed by atoms with van der Waals surface area (Å²) in [6.45, 7) is 0. The first-order valence-corrected chi connectivity index (χ1v) is 10.5. The van der Waals surface area contributed by atoms with Crippen LogP contribution in [0.25, 0.3) is 11.1 Å². The fourth-order valence-electron chi connectivity index (χ4n) is 3.36. The Kier molecular flexibility index (Phi) is 7.00. The van der Waals surface area contributed by atoms with Gasteiger partial charge in [-0.1, -0.05) is 0 Å². The number of alkyl halides is 3. The van der Waals surface area contributed by atoms with Gasteiger partial charge in [0.25, 0.3) is 0 Å². The number of ether oxygens (including phenoxy) is 1. The number of benzene rings is 1. The molecule has 0 bridgehead atoms. The summed E-state index contributed by atoms with van der Waals surface area (Å²) in [4.78, 5) is 24.0. The Morgan fingerprint density at radius 1 is 1.00 bits per heavy atom. The Morgan fingerprint density at radius 2 is 1.73 bits per heavy atom. The molecule has 1 aromatic carbocycles. The minimum absolute atomic E-state index is 0.135. The third-order valence-corrected chi connectivity index (χ3v) is 5.04. The van der Waals surface area contributed by atoms with Crippen LogP contribution >= 0.6 is 0 Å². The van der Waals surface area contributed by atoms with Crippen LogP contribution < -0.4 is 15.4 Å². The van der Waals surface area contributed by atoms with Gasteiger partial charge in [0.1, 0.15) is 17.2 Å². The van der Waals surface area contributed by atoms with E-state index >= 15 is 0 Å². The van der Waals surface area contributed by atoms with Gasteiger partial charge in [0, 0.05) is 42.3 Å². The van der Waals surface area contributed by atoms with Crippen LogP contribution in [0, 0.1) is 11.6 Å². The Bertz CT molecular complexity index is 1440. The van der Waals surface area contributed by atoms with Crippen molar-refractivity contribution >= 4 is 23.2 Å². The zero-order valence-corrected chi connectivity index (χ0v) is 19.3. The number of hydrogen-bond acceptors (Lipinski definition) is 7. The minimum atomic E-state index is -4.78. The van der Waals surface area contributed by atoms with Crippen molar-refractivity contribution in [3.05, 3.63) is 71.9 Å². The van der Waals surface area contributed by atoms with E-state index < -0.39 is 41.6 Å². The lowest BCUT2D eigenvalue weighted by Gasteiger charge is -2.13. The van der Waals surface area contributed by atoms with Crippen molar-refractivity contribution < 1.29 is 31.5 Å². The number of nitrogens with one attached hydrogen (secondary N) is 2. The second-order valence-electron chi connectivity index (χ2n) is 7.75. The molecule has 0 spiro atoms. The molecule has 0 saturated heterocycles. The predicted octanol–water partition coefficient (Wildman–Crippen LogP) is 4.50. The molecular weight excluding hydrogens is 501 g/mol. The minimum Gasteiger partial charge on any atom is -0.481 e. The maximum atomic E-state index is 14.8. The Labute approximate surface area is 206 Å². The third kappa shape index (κ3) is 5.97. The molecule has 4 aromatic rings. The van der Waals surface area contributed by atoms with Gasteiger partial charge in [-0.3, -0.25) is 9.48 Å². The van der Waals surface area contributed by atoms with Crippen LogP contribution in [0.15, 0.2) is 49.2 Å². The van der Waals surface area contributed by atoms with Crippen LogP contribution in [0.1, 0.15) is 11.1 Å². The fourth-order valence-corrected chi connectivity index (χ4v) is 3.36. The molecular formula is C23H18F5N7O2. The molecule has 3 aromatic heterocycles. The van der Waals surface area contributed by atoms with Crippen molar-refractivity contribution in [2.45, 2.75) is 12.6 Å². The highest BCUT2D eigenvalue weighted by molar-refractivity contribution is 5.92. The number of amides is 1. The summed E-state index contributed by atoms with van der Waals surface area (Å²) in [6, 6.07) is 2.36. The molecule has 1 amide bonds. The van der Waals surface area contributed by atoms with Crippen LogP contribution in [0.3, 0.4) is 0 Å². The van der Waals surface area contributed by atoms with Gasteiger partial charge in [-0.2, -0.15) is 18.3 Å². The Morgan fingerprint density at radius 3 is 2.35 bits per heavy atom. The summed E-state index contributed by atoms with van der Waals surface area (Å²) in [5, 5.41) is 9.10. The molecule has 2 N–H and O–H groups in total. The Hall–Kier alpha value is -4.62. The summed E-state index contributed by atoms with van der Waals surface area (Å²) in [6.07, 6.45) is 1.39. The van der Waals surface area contributed by atoms with Crippen molar-refractivity contribution in [3.8, 4) is 17.0 Å². The molecule has 0 unspecified atom stereocenters. The number of rotatable bonds is 7. The quantitative estimate of drug-likeness (QED) is 0.346. The maximum Gasteiger partial charge on any atom is 0.421 e. The van der Waals surface area contributed by atoms with Crippen LogP contribution in [0.5, 0.6) is 5.88 Å². The molecule has 3 heterocycles. The highest BCUT2D eigenvalue weighted by Crippen LogP contribution is 2.36. The predicted molar refractivity (Wildman–Crippen MR) is 122 cm³/mol. The van der Waals surface area contributed by atoms with E-state index in [9.17, 15) is 26.7 Å². The molecule has 192 valence electrons. The van der Waals surface area contributed by atoms with Crippen molar-refractivity contribution in [3.63, 3.8) is 0 Å². The number of halogens is 5. The number of carbonyl (C=O) groups excluding carboxylic acids is 1. The average molecular weight is 519 g/mol. The van der Waals surface area contributed by atoms with Crippen LogP contribution in [-0.4, -0.2) is 37.7 Å². The molecule has 0 aliphatic rings. The molecule has 0 atom stereocenters. The smallest absolute Gasteiger partial charge is 0.421 e. The van der Waals surface area contributed by atoms with Gasteiger partial charge in [0.15, 0.2) is 0 Å². The van der Waals surface area contributed by atoms with E-state index in [1.165, 1.54) is 12.4 Å². The number of aryl methyl sites for hydroxylation is 1. The third-order valence-electron chi connectivity index (χ3n) is 5.04. The van der Waals surface area contributed by atoms with Gasteiger partial charge in [0.05, 0.1) is 37.3 Å². The number of anilines is 3. The van der Waals surface area contributed by atoms with Gasteiger partial charge in [-0.15, -0.1) is 0 Å². The molecule has 0 fully saturated rings. The molecule has 0 radical (unpaired) electrons. The van der Waals surface area contributed by atoms with Crippen LogP contribution in [0.2, 0.25) is 0 Å². The van der Waals surface area contributed by atoms with Crippen molar-refractivity contribution in [1.29, 1.82) is 0 Å². The molecule has 0 aliphatic heterocycles. The zero-order chi connectivity index (χ0) is 26.7.